The van der Waals surface area contributed by atoms with Gasteiger partial charge in [-0.1, -0.05) is 18.8 Å². The van der Waals surface area contributed by atoms with Crippen molar-refractivity contribution in [1.29, 1.82) is 0 Å². The van der Waals surface area contributed by atoms with Crippen LogP contribution < -0.4 is 5.73 Å². The van der Waals surface area contributed by atoms with E-state index in [4.69, 9.17) is 5.73 Å². The molecule has 0 bridgehead atoms. The Morgan fingerprint density at radius 1 is 1.38 bits per heavy atom. The van der Waals surface area contributed by atoms with Gasteiger partial charge in [0.1, 0.15) is 5.82 Å². The first-order valence-electron chi connectivity index (χ1n) is 6.85. The molecule has 0 aliphatic carbocycles. The van der Waals surface area contributed by atoms with Crippen molar-refractivity contribution < 1.29 is 12.8 Å². The molecule has 0 saturated heterocycles. The zero-order chi connectivity index (χ0) is 16.0. The van der Waals surface area contributed by atoms with Gasteiger partial charge in [-0.25, -0.2) is 12.8 Å². The van der Waals surface area contributed by atoms with Gasteiger partial charge in [0.25, 0.3) is 0 Å². The van der Waals surface area contributed by atoms with Gasteiger partial charge in [0.15, 0.2) is 0 Å². The van der Waals surface area contributed by atoms with E-state index in [1.807, 2.05) is 6.92 Å². The normalized spacial score (nSPS) is 11.6. The topological polar surface area (TPSA) is 63.4 Å². The van der Waals surface area contributed by atoms with E-state index in [0.29, 0.717) is 13.0 Å². The van der Waals surface area contributed by atoms with Gasteiger partial charge < -0.3 is 5.73 Å². The van der Waals surface area contributed by atoms with E-state index in [-0.39, 0.29) is 23.0 Å². The monoisotopic (exact) mass is 312 g/mol. The van der Waals surface area contributed by atoms with Crippen molar-refractivity contribution in [1.82, 2.24) is 4.31 Å². The maximum Gasteiger partial charge on any atom is 0.243 e. The van der Waals surface area contributed by atoms with Gasteiger partial charge in [-0.05, 0) is 38.5 Å². The van der Waals surface area contributed by atoms with Crippen LogP contribution in [0.4, 0.5) is 4.39 Å². The van der Waals surface area contributed by atoms with Gasteiger partial charge in [-0.15, -0.1) is 0 Å². The molecule has 21 heavy (non-hydrogen) atoms. The van der Waals surface area contributed by atoms with Crippen molar-refractivity contribution in [3.05, 3.63) is 29.6 Å². The van der Waals surface area contributed by atoms with Crippen LogP contribution >= 0.6 is 0 Å². The van der Waals surface area contributed by atoms with Crippen LogP contribution in [0.25, 0.3) is 0 Å². The molecule has 2 N–H and O–H groups in total. The Labute approximate surface area is 126 Å². The first-order chi connectivity index (χ1) is 9.84. The van der Waals surface area contributed by atoms with Gasteiger partial charge in [0, 0.05) is 12.6 Å². The van der Waals surface area contributed by atoms with E-state index >= 15 is 0 Å². The minimum absolute atomic E-state index is 0.0551. The molecule has 1 aromatic carbocycles. The van der Waals surface area contributed by atoms with Crippen LogP contribution in [-0.4, -0.2) is 31.9 Å². The summed E-state index contributed by atoms with van der Waals surface area (Å²) >= 11 is 0. The lowest BCUT2D eigenvalue weighted by Crippen LogP contribution is -2.37. The summed E-state index contributed by atoms with van der Waals surface area (Å²) in [7, 11) is -3.70. The largest absolute Gasteiger partial charge is 0.320 e. The lowest BCUT2D eigenvalue weighted by molar-refractivity contribution is 0.354. The molecule has 0 spiro atoms. The number of halogens is 1. The second-order valence-corrected chi connectivity index (χ2v) is 6.75. The van der Waals surface area contributed by atoms with Crippen molar-refractivity contribution in [2.24, 2.45) is 5.73 Å². The molecule has 6 heteroatoms. The molecule has 0 atom stereocenters. The molecule has 0 heterocycles. The molecule has 1 aromatic rings. The van der Waals surface area contributed by atoms with E-state index in [9.17, 15) is 12.8 Å². The van der Waals surface area contributed by atoms with E-state index in [2.05, 4.69) is 11.8 Å². The SMILES string of the molecule is CCCN(C(C)C)S(=O)(=O)c1ccc(C#CCN)c(F)c1. The van der Waals surface area contributed by atoms with Crippen LogP contribution in [-0.2, 0) is 10.0 Å². The molecule has 0 fully saturated rings. The average molecular weight is 312 g/mol. The highest BCUT2D eigenvalue weighted by molar-refractivity contribution is 7.89. The second kappa shape index (κ2) is 7.55. The van der Waals surface area contributed by atoms with Crippen molar-refractivity contribution in [2.75, 3.05) is 13.1 Å². The molecule has 0 aliphatic rings. The van der Waals surface area contributed by atoms with E-state index in [0.717, 1.165) is 6.07 Å². The molecule has 0 radical (unpaired) electrons. The van der Waals surface area contributed by atoms with Crippen LogP contribution in [0.3, 0.4) is 0 Å². The molecule has 4 nitrogen and oxygen atoms in total. The minimum atomic E-state index is -3.70. The van der Waals surface area contributed by atoms with Crippen molar-refractivity contribution in [3.63, 3.8) is 0 Å². The van der Waals surface area contributed by atoms with Crippen molar-refractivity contribution in [2.45, 2.75) is 38.1 Å². The van der Waals surface area contributed by atoms with Gasteiger partial charge in [0.05, 0.1) is 17.0 Å². The summed E-state index contributed by atoms with van der Waals surface area (Å²) < 4.78 is 40.4. The Morgan fingerprint density at radius 2 is 2.05 bits per heavy atom. The lowest BCUT2D eigenvalue weighted by Gasteiger charge is -2.25. The number of hydrogen-bond acceptors (Lipinski definition) is 3. The Kier molecular flexibility index (Phi) is 6.34. The fourth-order valence-corrected chi connectivity index (χ4v) is 3.66. The highest BCUT2D eigenvalue weighted by Crippen LogP contribution is 2.21. The number of rotatable bonds is 5. The van der Waals surface area contributed by atoms with Crippen molar-refractivity contribution >= 4 is 10.0 Å². The summed E-state index contributed by atoms with van der Waals surface area (Å²) in [6.45, 7) is 6.01. The third kappa shape index (κ3) is 4.27. The summed E-state index contributed by atoms with van der Waals surface area (Å²) in [6, 6.07) is 3.58. The highest BCUT2D eigenvalue weighted by Gasteiger charge is 2.26. The predicted octanol–water partition coefficient (Wildman–Crippen LogP) is 1.95. The van der Waals surface area contributed by atoms with Crippen LogP contribution in [0.5, 0.6) is 0 Å². The quantitative estimate of drug-likeness (QED) is 0.845. The Bertz CT molecular complexity index is 645. The van der Waals surface area contributed by atoms with Crippen LogP contribution in [0.2, 0.25) is 0 Å². The molecule has 0 aliphatic heterocycles. The summed E-state index contributed by atoms with van der Waals surface area (Å²) in [5.74, 6) is 4.46. The van der Waals surface area contributed by atoms with Gasteiger partial charge in [-0.2, -0.15) is 4.31 Å². The van der Waals surface area contributed by atoms with E-state index in [1.54, 1.807) is 13.8 Å². The first-order valence-corrected chi connectivity index (χ1v) is 8.29. The average Bonchev–Trinajstić information content (AvgIpc) is 2.42. The van der Waals surface area contributed by atoms with E-state index in [1.165, 1.54) is 16.4 Å². The Balaban J connectivity index is 3.23. The number of nitrogens with zero attached hydrogens (tertiary/aromatic N) is 1. The molecular formula is C15H21FN2O2S. The van der Waals surface area contributed by atoms with Crippen molar-refractivity contribution in [3.8, 4) is 11.8 Å². The standard InChI is InChI=1S/C15H21FN2O2S/c1-4-10-18(12(2)3)21(19,20)14-8-7-13(6-5-9-17)15(16)11-14/h7-8,11-12H,4,9-10,17H2,1-3H3. The lowest BCUT2D eigenvalue weighted by atomic mass is 10.2. The fraction of sp³-hybridized carbons (Fsp3) is 0.467. The molecule has 0 unspecified atom stereocenters. The minimum Gasteiger partial charge on any atom is -0.320 e. The number of hydrogen-bond donors (Lipinski definition) is 1. The fourth-order valence-electron chi connectivity index (χ4n) is 1.92. The van der Waals surface area contributed by atoms with Gasteiger partial charge in [0.2, 0.25) is 10.0 Å². The number of benzene rings is 1. The summed E-state index contributed by atoms with van der Waals surface area (Å²) in [6.07, 6.45) is 0.694. The molecular weight excluding hydrogens is 291 g/mol. The number of sulfonamides is 1. The third-order valence-corrected chi connectivity index (χ3v) is 4.96. The molecule has 0 amide bonds. The molecule has 1 rings (SSSR count). The van der Waals surface area contributed by atoms with Gasteiger partial charge >= 0.3 is 0 Å². The molecule has 0 aromatic heterocycles. The second-order valence-electron chi connectivity index (χ2n) is 4.86. The maximum atomic E-state index is 13.9. The van der Waals surface area contributed by atoms with Gasteiger partial charge in [-0.3, -0.25) is 0 Å². The summed E-state index contributed by atoms with van der Waals surface area (Å²) in [4.78, 5) is -0.0551. The van der Waals surface area contributed by atoms with Crippen LogP contribution in [0.15, 0.2) is 23.1 Å². The summed E-state index contributed by atoms with van der Waals surface area (Å²) in [5.41, 5.74) is 5.38. The van der Waals surface area contributed by atoms with Crippen LogP contribution in [0.1, 0.15) is 32.8 Å². The smallest absolute Gasteiger partial charge is 0.243 e. The zero-order valence-electron chi connectivity index (χ0n) is 12.6. The first kappa shape index (κ1) is 17.6. The Hall–Kier alpha value is -1.42. The molecule has 116 valence electrons. The summed E-state index contributed by atoms with van der Waals surface area (Å²) in [5, 5.41) is 0. The zero-order valence-corrected chi connectivity index (χ0v) is 13.4. The van der Waals surface area contributed by atoms with E-state index < -0.39 is 15.8 Å². The maximum absolute atomic E-state index is 13.9. The third-order valence-electron chi connectivity index (χ3n) is 2.89. The molecule has 0 saturated carbocycles. The predicted molar refractivity (Wildman–Crippen MR) is 81.7 cm³/mol. The number of nitrogens with two attached hydrogens (primary N) is 1. The Morgan fingerprint density at radius 3 is 2.52 bits per heavy atom. The van der Waals surface area contributed by atoms with Crippen LogP contribution in [0, 0.1) is 17.7 Å². The highest BCUT2D eigenvalue weighted by atomic mass is 32.2.